The van der Waals surface area contributed by atoms with Gasteiger partial charge >= 0.3 is 0 Å². The molecule has 1 saturated heterocycles. The Labute approximate surface area is 155 Å². The second-order valence-corrected chi connectivity index (χ2v) is 8.66. The summed E-state index contributed by atoms with van der Waals surface area (Å²) in [4.78, 5) is 14.8. The molecule has 5 nitrogen and oxygen atoms in total. The van der Waals surface area contributed by atoms with Crippen molar-refractivity contribution in [1.29, 1.82) is 0 Å². The van der Waals surface area contributed by atoms with E-state index in [-0.39, 0.29) is 10.8 Å². The summed E-state index contributed by atoms with van der Waals surface area (Å²) in [5.74, 6) is -0.150. The predicted molar refractivity (Wildman–Crippen MR) is 101 cm³/mol. The molecule has 1 amide bonds. The van der Waals surface area contributed by atoms with Crippen LogP contribution >= 0.6 is 0 Å². The van der Waals surface area contributed by atoms with Gasteiger partial charge in [0.05, 0.1) is 4.90 Å². The number of carbonyl (C=O) groups excluding carboxylic acids is 1. The van der Waals surface area contributed by atoms with Crippen LogP contribution in [0.1, 0.15) is 24.0 Å². The lowest BCUT2D eigenvalue weighted by Crippen LogP contribution is -2.46. The minimum absolute atomic E-state index is 0.150. The van der Waals surface area contributed by atoms with Crippen molar-refractivity contribution in [2.24, 2.45) is 0 Å². The number of likely N-dealkylation sites (N-methyl/N-ethyl adjacent to an activating group) is 1. The van der Waals surface area contributed by atoms with Gasteiger partial charge in [0.2, 0.25) is 15.9 Å². The molecule has 1 aliphatic heterocycles. The van der Waals surface area contributed by atoms with Crippen LogP contribution in [-0.2, 0) is 21.4 Å². The summed E-state index contributed by atoms with van der Waals surface area (Å²) in [5, 5.41) is 0. The highest BCUT2D eigenvalue weighted by molar-refractivity contribution is 7.89. The maximum atomic E-state index is 12.9. The van der Waals surface area contributed by atoms with Gasteiger partial charge < -0.3 is 4.90 Å². The summed E-state index contributed by atoms with van der Waals surface area (Å²) in [6.07, 6.45) is 1.25. The van der Waals surface area contributed by atoms with E-state index in [0.29, 0.717) is 25.9 Å². The molecule has 0 saturated carbocycles. The van der Waals surface area contributed by atoms with Gasteiger partial charge in [0.25, 0.3) is 0 Å². The van der Waals surface area contributed by atoms with E-state index in [4.69, 9.17) is 0 Å². The largest absolute Gasteiger partial charge is 0.340 e. The fourth-order valence-corrected chi connectivity index (χ4v) is 4.97. The molecule has 138 valence electrons. The SMILES string of the molecule is Cc1ccc(CN(C)C(=O)C2CCCN2S(=O)(=O)c2ccccc2)cc1. The molecule has 1 fully saturated rings. The van der Waals surface area contributed by atoms with Crippen molar-refractivity contribution in [3.8, 4) is 0 Å². The average molecular weight is 372 g/mol. The third-order valence-electron chi connectivity index (χ3n) is 4.76. The first-order chi connectivity index (χ1) is 12.4. The van der Waals surface area contributed by atoms with Crippen molar-refractivity contribution in [2.75, 3.05) is 13.6 Å². The Morgan fingerprint density at radius 2 is 1.77 bits per heavy atom. The summed E-state index contributed by atoms with van der Waals surface area (Å²) < 4.78 is 27.2. The molecule has 3 rings (SSSR count). The van der Waals surface area contributed by atoms with Crippen LogP contribution in [0.4, 0.5) is 0 Å². The van der Waals surface area contributed by atoms with Gasteiger partial charge in [-0.3, -0.25) is 4.79 Å². The number of nitrogens with zero attached hydrogens (tertiary/aromatic N) is 2. The summed E-state index contributed by atoms with van der Waals surface area (Å²) in [6.45, 7) is 2.87. The fraction of sp³-hybridized carbons (Fsp3) is 0.350. The van der Waals surface area contributed by atoms with Gasteiger partial charge in [-0.25, -0.2) is 8.42 Å². The molecule has 2 aromatic carbocycles. The minimum atomic E-state index is -3.66. The lowest BCUT2D eigenvalue weighted by Gasteiger charge is -2.27. The van der Waals surface area contributed by atoms with Crippen molar-refractivity contribution in [2.45, 2.75) is 37.2 Å². The van der Waals surface area contributed by atoms with Crippen LogP contribution in [0.2, 0.25) is 0 Å². The van der Waals surface area contributed by atoms with Crippen molar-refractivity contribution in [1.82, 2.24) is 9.21 Å². The van der Waals surface area contributed by atoms with E-state index in [1.807, 2.05) is 31.2 Å². The Kier molecular flexibility index (Phi) is 5.44. The maximum absolute atomic E-state index is 12.9. The van der Waals surface area contributed by atoms with Crippen molar-refractivity contribution < 1.29 is 13.2 Å². The second-order valence-electron chi connectivity index (χ2n) is 6.77. The standard InChI is InChI=1S/C20H24N2O3S/c1-16-10-12-17(13-11-16)15-21(2)20(23)19-9-6-14-22(19)26(24,25)18-7-4-3-5-8-18/h3-5,7-8,10-13,19H,6,9,14-15H2,1-2H3. The summed E-state index contributed by atoms with van der Waals surface area (Å²) in [7, 11) is -1.93. The van der Waals surface area contributed by atoms with Crippen LogP contribution < -0.4 is 0 Å². The number of amides is 1. The maximum Gasteiger partial charge on any atom is 0.243 e. The Hall–Kier alpha value is -2.18. The molecule has 1 atom stereocenters. The lowest BCUT2D eigenvalue weighted by atomic mass is 10.1. The van der Waals surface area contributed by atoms with E-state index in [9.17, 15) is 13.2 Å². The van der Waals surface area contributed by atoms with Gasteiger partial charge in [-0.1, -0.05) is 48.0 Å². The number of carbonyl (C=O) groups is 1. The second kappa shape index (κ2) is 7.60. The zero-order valence-electron chi connectivity index (χ0n) is 15.1. The molecule has 0 N–H and O–H groups in total. The molecule has 1 heterocycles. The van der Waals surface area contributed by atoms with E-state index >= 15 is 0 Å². The fourth-order valence-electron chi connectivity index (χ4n) is 3.30. The van der Waals surface area contributed by atoms with Crippen molar-refractivity contribution in [3.63, 3.8) is 0 Å². The highest BCUT2D eigenvalue weighted by Crippen LogP contribution is 2.27. The van der Waals surface area contributed by atoms with E-state index in [1.54, 1.807) is 42.3 Å². The van der Waals surface area contributed by atoms with Gasteiger partial charge in [0.15, 0.2) is 0 Å². The third kappa shape index (κ3) is 3.81. The van der Waals surface area contributed by atoms with E-state index in [2.05, 4.69) is 0 Å². The molecular weight excluding hydrogens is 348 g/mol. The first-order valence-electron chi connectivity index (χ1n) is 8.77. The van der Waals surface area contributed by atoms with E-state index < -0.39 is 16.1 Å². The third-order valence-corrected chi connectivity index (χ3v) is 6.68. The summed E-state index contributed by atoms with van der Waals surface area (Å²) >= 11 is 0. The Morgan fingerprint density at radius 3 is 2.42 bits per heavy atom. The van der Waals surface area contributed by atoms with Gasteiger partial charge in [-0.2, -0.15) is 4.31 Å². The van der Waals surface area contributed by atoms with Crippen molar-refractivity contribution in [3.05, 3.63) is 65.7 Å². The summed E-state index contributed by atoms with van der Waals surface area (Å²) in [6, 6.07) is 15.7. The van der Waals surface area contributed by atoms with Gasteiger partial charge in [0, 0.05) is 20.1 Å². The number of hydrogen-bond donors (Lipinski definition) is 0. The topological polar surface area (TPSA) is 57.7 Å². The van der Waals surface area contributed by atoms with Crippen molar-refractivity contribution >= 4 is 15.9 Å². The minimum Gasteiger partial charge on any atom is -0.340 e. The zero-order chi connectivity index (χ0) is 18.7. The van der Waals surface area contributed by atoms with Gasteiger partial charge in [-0.05, 0) is 37.5 Å². The van der Waals surface area contributed by atoms with Crippen LogP contribution in [0.25, 0.3) is 0 Å². The molecule has 2 aromatic rings. The molecule has 1 aliphatic rings. The molecule has 0 bridgehead atoms. The normalized spacial score (nSPS) is 18.0. The highest BCUT2D eigenvalue weighted by atomic mass is 32.2. The Morgan fingerprint density at radius 1 is 1.12 bits per heavy atom. The van der Waals surface area contributed by atoms with Crippen LogP contribution in [0, 0.1) is 6.92 Å². The van der Waals surface area contributed by atoms with E-state index in [0.717, 1.165) is 5.56 Å². The number of benzene rings is 2. The van der Waals surface area contributed by atoms with E-state index in [1.165, 1.54) is 9.87 Å². The number of sulfonamides is 1. The molecular formula is C20H24N2O3S. The molecule has 0 radical (unpaired) electrons. The molecule has 0 aliphatic carbocycles. The number of hydrogen-bond acceptors (Lipinski definition) is 3. The lowest BCUT2D eigenvalue weighted by molar-refractivity contribution is -0.133. The van der Waals surface area contributed by atoms with Crippen LogP contribution in [-0.4, -0.2) is 43.2 Å². The molecule has 1 unspecified atom stereocenters. The first kappa shape index (κ1) is 18.6. The van der Waals surface area contributed by atoms with Crippen LogP contribution in [0.5, 0.6) is 0 Å². The smallest absolute Gasteiger partial charge is 0.243 e. The first-order valence-corrected chi connectivity index (χ1v) is 10.2. The van der Waals surface area contributed by atoms with Gasteiger partial charge in [0.1, 0.15) is 6.04 Å². The molecule has 0 spiro atoms. The Bertz CT molecular complexity index is 864. The summed E-state index contributed by atoms with van der Waals surface area (Å²) in [5.41, 5.74) is 2.19. The van der Waals surface area contributed by atoms with Crippen LogP contribution in [0.3, 0.4) is 0 Å². The zero-order valence-corrected chi connectivity index (χ0v) is 15.9. The quantitative estimate of drug-likeness (QED) is 0.811. The predicted octanol–water partition coefficient (Wildman–Crippen LogP) is 2.81. The van der Waals surface area contributed by atoms with Crippen LogP contribution in [0.15, 0.2) is 59.5 Å². The molecule has 26 heavy (non-hydrogen) atoms. The Balaban J connectivity index is 1.76. The molecule has 0 aromatic heterocycles. The van der Waals surface area contributed by atoms with Gasteiger partial charge in [-0.15, -0.1) is 0 Å². The molecule has 6 heteroatoms. The average Bonchev–Trinajstić information content (AvgIpc) is 3.14. The number of rotatable bonds is 5. The highest BCUT2D eigenvalue weighted by Gasteiger charge is 2.40. The monoisotopic (exact) mass is 372 g/mol. The number of aryl methyl sites for hydroxylation is 1.